The van der Waals surface area contributed by atoms with E-state index in [-0.39, 0.29) is 5.91 Å². The molecule has 2 aromatic rings. The van der Waals surface area contributed by atoms with Gasteiger partial charge in [-0.05, 0) is 42.8 Å². The van der Waals surface area contributed by atoms with Gasteiger partial charge < -0.3 is 15.1 Å². The van der Waals surface area contributed by atoms with Crippen molar-refractivity contribution in [2.75, 3.05) is 38.1 Å². The Morgan fingerprint density at radius 2 is 1.96 bits per heavy atom. The highest BCUT2D eigenvalue weighted by Gasteiger charge is 2.15. The zero-order valence-electron chi connectivity index (χ0n) is 15.1. The van der Waals surface area contributed by atoms with Crippen molar-refractivity contribution >= 4 is 23.3 Å². The molecule has 0 atom stereocenters. The Morgan fingerprint density at radius 3 is 2.65 bits per heavy atom. The average molecular weight is 373 g/mol. The van der Waals surface area contributed by atoms with E-state index < -0.39 is 0 Å². The lowest BCUT2D eigenvalue weighted by Gasteiger charge is -2.33. The highest BCUT2D eigenvalue weighted by molar-refractivity contribution is 6.30. The molecule has 2 heterocycles. The van der Waals surface area contributed by atoms with Gasteiger partial charge in [0.2, 0.25) is 5.91 Å². The Hall–Kier alpha value is -2.11. The van der Waals surface area contributed by atoms with Crippen LogP contribution in [0.2, 0.25) is 5.02 Å². The average Bonchev–Trinajstić information content (AvgIpc) is 2.66. The van der Waals surface area contributed by atoms with Gasteiger partial charge in [0.05, 0.1) is 0 Å². The molecule has 1 N–H and O–H groups in total. The van der Waals surface area contributed by atoms with E-state index >= 15 is 0 Å². The zero-order valence-corrected chi connectivity index (χ0v) is 15.9. The van der Waals surface area contributed by atoms with Crippen molar-refractivity contribution in [3.63, 3.8) is 0 Å². The van der Waals surface area contributed by atoms with Crippen LogP contribution in [0.25, 0.3) is 0 Å². The number of hydrogen-bond donors (Lipinski definition) is 1. The highest BCUT2D eigenvalue weighted by atomic mass is 35.5. The lowest BCUT2D eigenvalue weighted by Crippen LogP contribution is -2.44. The first-order chi connectivity index (χ1) is 12.6. The third-order valence-electron chi connectivity index (χ3n) is 4.66. The number of rotatable bonds is 6. The number of pyridine rings is 1. The van der Waals surface area contributed by atoms with Crippen LogP contribution in [0.4, 0.5) is 5.82 Å². The van der Waals surface area contributed by atoms with Crippen LogP contribution in [0, 0.1) is 0 Å². The second-order valence-electron chi connectivity index (χ2n) is 6.72. The SMILES string of the molecule is CN1CCN(c2ccc(CNC(=O)CCc3cccc(Cl)c3)cn2)CC1. The van der Waals surface area contributed by atoms with Gasteiger partial charge in [-0.1, -0.05) is 29.8 Å². The van der Waals surface area contributed by atoms with Crippen LogP contribution in [0.5, 0.6) is 0 Å². The van der Waals surface area contributed by atoms with Gasteiger partial charge in [-0.25, -0.2) is 4.98 Å². The monoisotopic (exact) mass is 372 g/mol. The summed E-state index contributed by atoms with van der Waals surface area (Å²) in [5.41, 5.74) is 2.09. The second-order valence-corrected chi connectivity index (χ2v) is 7.16. The first kappa shape index (κ1) is 18.7. The summed E-state index contributed by atoms with van der Waals surface area (Å²) >= 11 is 5.96. The van der Waals surface area contributed by atoms with E-state index in [1.165, 1.54) is 0 Å². The molecule has 0 aliphatic carbocycles. The predicted molar refractivity (Wildman–Crippen MR) is 106 cm³/mol. The smallest absolute Gasteiger partial charge is 0.220 e. The number of likely N-dealkylation sites (N-methyl/N-ethyl adjacent to an activating group) is 1. The minimum atomic E-state index is 0.0353. The molecule has 1 aliphatic rings. The van der Waals surface area contributed by atoms with E-state index in [9.17, 15) is 4.79 Å². The minimum Gasteiger partial charge on any atom is -0.354 e. The molecule has 0 saturated carbocycles. The molecule has 5 nitrogen and oxygen atoms in total. The summed E-state index contributed by atoms with van der Waals surface area (Å²) < 4.78 is 0. The van der Waals surface area contributed by atoms with Gasteiger partial charge in [0.25, 0.3) is 0 Å². The molecule has 1 aliphatic heterocycles. The van der Waals surface area contributed by atoms with Crippen molar-refractivity contribution in [3.8, 4) is 0 Å². The molecule has 0 bridgehead atoms. The molecule has 0 unspecified atom stereocenters. The topological polar surface area (TPSA) is 48.5 Å². The van der Waals surface area contributed by atoms with Gasteiger partial charge in [0.1, 0.15) is 5.82 Å². The number of carbonyl (C=O) groups excluding carboxylic acids is 1. The Labute approximate surface area is 160 Å². The molecule has 0 radical (unpaired) electrons. The molecular weight excluding hydrogens is 348 g/mol. The first-order valence-corrected chi connectivity index (χ1v) is 9.37. The predicted octanol–water partition coefficient (Wildman–Crippen LogP) is 2.74. The first-order valence-electron chi connectivity index (χ1n) is 9.00. The number of amides is 1. The summed E-state index contributed by atoms with van der Waals surface area (Å²) in [6.45, 7) is 4.63. The molecule has 0 spiro atoms. The summed E-state index contributed by atoms with van der Waals surface area (Å²) in [7, 11) is 2.14. The minimum absolute atomic E-state index is 0.0353. The van der Waals surface area contributed by atoms with Crippen molar-refractivity contribution in [1.29, 1.82) is 0 Å². The van der Waals surface area contributed by atoms with Crippen molar-refractivity contribution in [1.82, 2.24) is 15.2 Å². The number of hydrogen-bond acceptors (Lipinski definition) is 4. The molecule has 1 fully saturated rings. The van der Waals surface area contributed by atoms with Crippen molar-refractivity contribution in [2.24, 2.45) is 0 Å². The molecule has 1 amide bonds. The van der Waals surface area contributed by atoms with Gasteiger partial charge in [-0.15, -0.1) is 0 Å². The van der Waals surface area contributed by atoms with Gasteiger partial charge in [0, 0.05) is 50.4 Å². The Balaban J connectivity index is 1.43. The highest BCUT2D eigenvalue weighted by Crippen LogP contribution is 2.14. The van der Waals surface area contributed by atoms with E-state index in [1.54, 1.807) is 0 Å². The van der Waals surface area contributed by atoms with Crippen molar-refractivity contribution in [2.45, 2.75) is 19.4 Å². The Morgan fingerprint density at radius 1 is 1.15 bits per heavy atom. The molecule has 1 aromatic heterocycles. The molecule has 1 saturated heterocycles. The van der Waals surface area contributed by atoms with Crippen molar-refractivity contribution < 1.29 is 4.79 Å². The van der Waals surface area contributed by atoms with Crippen LogP contribution >= 0.6 is 11.6 Å². The van der Waals surface area contributed by atoms with Crippen LogP contribution in [0.3, 0.4) is 0 Å². The third-order valence-corrected chi connectivity index (χ3v) is 4.89. The maximum Gasteiger partial charge on any atom is 0.220 e. The number of nitrogens with zero attached hydrogens (tertiary/aromatic N) is 3. The van der Waals surface area contributed by atoms with Gasteiger partial charge in [-0.2, -0.15) is 0 Å². The number of benzene rings is 1. The van der Waals surface area contributed by atoms with Crippen LogP contribution in [0.1, 0.15) is 17.5 Å². The second kappa shape index (κ2) is 9.01. The molecule has 6 heteroatoms. The van der Waals surface area contributed by atoms with Crippen LogP contribution in [0.15, 0.2) is 42.6 Å². The quantitative estimate of drug-likeness (QED) is 0.847. The molecule has 138 valence electrons. The van der Waals surface area contributed by atoms with E-state index in [2.05, 4.69) is 27.1 Å². The zero-order chi connectivity index (χ0) is 18.4. The maximum atomic E-state index is 12.0. The number of halogens is 1. The summed E-state index contributed by atoms with van der Waals surface area (Å²) in [6.07, 6.45) is 2.99. The van der Waals surface area contributed by atoms with E-state index in [4.69, 9.17) is 11.6 Å². The molecule has 3 rings (SSSR count). The van der Waals surface area contributed by atoms with Crippen LogP contribution in [-0.2, 0) is 17.8 Å². The fourth-order valence-corrected chi connectivity index (χ4v) is 3.20. The summed E-state index contributed by atoms with van der Waals surface area (Å²) in [5.74, 6) is 1.04. The number of carbonyl (C=O) groups is 1. The lowest BCUT2D eigenvalue weighted by atomic mass is 10.1. The molecular formula is C20H25ClN4O. The third kappa shape index (κ3) is 5.44. The fraction of sp³-hybridized carbons (Fsp3) is 0.400. The van der Waals surface area contributed by atoms with Crippen LogP contribution < -0.4 is 10.2 Å². The van der Waals surface area contributed by atoms with Gasteiger partial charge >= 0.3 is 0 Å². The van der Waals surface area contributed by atoms with Gasteiger partial charge in [-0.3, -0.25) is 4.79 Å². The maximum absolute atomic E-state index is 12.0. The number of nitrogens with one attached hydrogen (secondary N) is 1. The summed E-state index contributed by atoms with van der Waals surface area (Å²) in [5, 5.41) is 3.66. The lowest BCUT2D eigenvalue weighted by molar-refractivity contribution is -0.121. The van der Waals surface area contributed by atoms with E-state index in [0.717, 1.165) is 43.1 Å². The Bertz CT molecular complexity index is 727. The van der Waals surface area contributed by atoms with Crippen molar-refractivity contribution in [3.05, 3.63) is 58.7 Å². The summed E-state index contributed by atoms with van der Waals surface area (Å²) in [4.78, 5) is 21.2. The Kier molecular flexibility index (Phi) is 6.47. The van der Waals surface area contributed by atoms with Gasteiger partial charge in [0.15, 0.2) is 0 Å². The normalized spacial score (nSPS) is 15.1. The van der Waals surface area contributed by atoms with Crippen LogP contribution in [-0.4, -0.2) is 49.0 Å². The summed E-state index contributed by atoms with van der Waals surface area (Å²) in [6, 6.07) is 11.7. The molecule has 1 aromatic carbocycles. The van der Waals surface area contributed by atoms with E-state index in [0.29, 0.717) is 24.4 Å². The standard InChI is InChI=1S/C20H25ClN4O/c1-24-9-11-25(12-10-24)19-7-5-17(14-22-19)15-23-20(26)8-6-16-3-2-4-18(21)13-16/h2-5,7,13-14H,6,8-12,15H2,1H3,(H,23,26). The number of piperazine rings is 1. The molecule has 26 heavy (non-hydrogen) atoms. The number of aryl methyl sites for hydroxylation is 1. The largest absolute Gasteiger partial charge is 0.354 e. The fourth-order valence-electron chi connectivity index (χ4n) is 2.98. The number of aromatic nitrogens is 1. The van der Waals surface area contributed by atoms with E-state index in [1.807, 2.05) is 42.6 Å². The number of anilines is 1.